The molecule has 0 saturated heterocycles. The maximum Gasteiger partial charge on any atom is 0.260 e. The minimum atomic E-state index is 0.403. The summed E-state index contributed by atoms with van der Waals surface area (Å²) in [7, 11) is 0. The van der Waals surface area contributed by atoms with E-state index in [0.29, 0.717) is 11.5 Å². The van der Waals surface area contributed by atoms with E-state index >= 15 is 0 Å². The number of fused-ring (bicyclic) bond motifs is 1. The Labute approximate surface area is 69.4 Å². The highest BCUT2D eigenvalue weighted by molar-refractivity contribution is 5.84. The van der Waals surface area contributed by atoms with E-state index in [1.165, 1.54) is 0 Å². The quantitative estimate of drug-likeness (QED) is 0.637. The molecule has 4 nitrogen and oxygen atoms in total. The summed E-state index contributed by atoms with van der Waals surface area (Å²) in [6.45, 7) is 3.90. The molecule has 2 aromatic heterocycles. The van der Waals surface area contributed by atoms with E-state index in [2.05, 4.69) is 10.1 Å². The van der Waals surface area contributed by atoms with Gasteiger partial charge in [0.05, 0.1) is 5.39 Å². The van der Waals surface area contributed by atoms with Gasteiger partial charge in [0.2, 0.25) is 0 Å². The van der Waals surface area contributed by atoms with E-state index in [-0.39, 0.29) is 0 Å². The van der Waals surface area contributed by atoms with Crippen LogP contribution in [0.5, 0.6) is 0 Å². The van der Waals surface area contributed by atoms with Crippen LogP contribution in [0.3, 0.4) is 0 Å². The van der Waals surface area contributed by atoms with E-state index in [0.717, 1.165) is 16.6 Å². The molecule has 2 aromatic rings. The first-order valence-electron chi connectivity index (χ1n) is 3.67. The van der Waals surface area contributed by atoms with Crippen molar-refractivity contribution in [3.8, 4) is 0 Å². The third-order valence-corrected chi connectivity index (χ3v) is 1.94. The summed E-state index contributed by atoms with van der Waals surface area (Å²) in [5.74, 6) is 0.403. The van der Waals surface area contributed by atoms with Gasteiger partial charge in [-0.3, -0.25) is 0 Å². The van der Waals surface area contributed by atoms with Crippen LogP contribution in [0.1, 0.15) is 11.3 Å². The minimum absolute atomic E-state index is 0.403. The molecule has 0 unspecified atom stereocenters. The molecule has 0 bridgehead atoms. The lowest BCUT2D eigenvalue weighted by Crippen LogP contribution is -1.88. The number of aryl methyl sites for hydroxylation is 2. The molecule has 62 valence electrons. The molecule has 0 aliphatic rings. The highest BCUT2D eigenvalue weighted by atomic mass is 16.5. The molecule has 0 aliphatic carbocycles. The van der Waals surface area contributed by atoms with Gasteiger partial charge in [0, 0.05) is 5.69 Å². The Kier molecular flexibility index (Phi) is 1.30. The van der Waals surface area contributed by atoms with Crippen molar-refractivity contribution in [3.05, 3.63) is 17.3 Å². The second-order valence-electron chi connectivity index (χ2n) is 2.81. The molecule has 12 heavy (non-hydrogen) atoms. The zero-order valence-corrected chi connectivity index (χ0v) is 6.96. The molecule has 4 heteroatoms. The number of aromatic nitrogens is 2. The average molecular weight is 163 g/mol. The first-order chi connectivity index (χ1) is 5.68. The number of nitrogen functional groups attached to an aromatic ring is 1. The monoisotopic (exact) mass is 163 g/mol. The molecule has 0 saturated carbocycles. The third kappa shape index (κ3) is 0.845. The lowest BCUT2D eigenvalue weighted by atomic mass is 10.2. The molecule has 0 spiro atoms. The van der Waals surface area contributed by atoms with Crippen molar-refractivity contribution in [3.63, 3.8) is 0 Å². The molecule has 0 atom stereocenters. The smallest absolute Gasteiger partial charge is 0.260 e. The van der Waals surface area contributed by atoms with Crippen LogP contribution in [0.25, 0.3) is 11.1 Å². The number of nitrogens with two attached hydrogens (primary N) is 1. The minimum Gasteiger partial charge on any atom is -0.380 e. The Morgan fingerprint density at radius 3 is 2.92 bits per heavy atom. The van der Waals surface area contributed by atoms with E-state index in [9.17, 15) is 0 Å². The van der Waals surface area contributed by atoms with E-state index < -0.39 is 0 Å². The molecule has 0 amide bonds. The normalized spacial score (nSPS) is 10.8. The fraction of sp³-hybridized carbons (Fsp3) is 0.250. The number of pyridine rings is 1. The largest absolute Gasteiger partial charge is 0.380 e. The molecule has 0 aliphatic heterocycles. The summed E-state index contributed by atoms with van der Waals surface area (Å²) in [5, 5.41) is 4.41. The zero-order valence-electron chi connectivity index (χ0n) is 6.96. The molecule has 2 rings (SSSR count). The van der Waals surface area contributed by atoms with Gasteiger partial charge < -0.3 is 10.3 Å². The Hall–Kier alpha value is -1.58. The highest BCUT2D eigenvalue weighted by Crippen LogP contribution is 2.20. The van der Waals surface area contributed by atoms with Gasteiger partial charge in [0.1, 0.15) is 0 Å². The second kappa shape index (κ2) is 2.20. The molecule has 2 heterocycles. The predicted octanol–water partition coefficient (Wildman–Crippen LogP) is 1.42. The Morgan fingerprint density at radius 2 is 2.17 bits per heavy atom. The average Bonchev–Trinajstić information content (AvgIpc) is 2.35. The first-order valence-corrected chi connectivity index (χ1v) is 3.67. The van der Waals surface area contributed by atoms with Gasteiger partial charge in [-0.15, -0.1) is 0 Å². The van der Waals surface area contributed by atoms with E-state index in [1.54, 1.807) is 0 Å². The van der Waals surface area contributed by atoms with Crippen LogP contribution in [0.2, 0.25) is 0 Å². The molecule has 0 aromatic carbocycles. The van der Waals surface area contributed by atoms with Gasteiger partial charge in [-0.25, -0.2) is 4.98 Å². The van der Waals surface area contributed by atoms with Gasteiger partial charge in [-0.1, -0.05) is 5.16 Å². The Bertz CT molecular complexity index is 433. The van der Waals surface area contributed by atoms with Gasteiger partial charge in [0.25, 0.3) is 5.71 Å². The molecular weight excluding hydrogens is 154 g/mol. The SMILES string of the molecule is Cc1cc2c(N)noc2nc1C. The van der Waals surface area contributed by atoms with Crippen LogP contribution in [-0.2, 0) is 0 Å². The van der Waals surface area contributed by atoms with Crippen molar-refractivity contribution >= 4 is 16.9 Å². The molecule has 0 radical (unpaired) electrons. The predicted molar refractivity (Wildman–Crippen MR) is 45.7 cm³/mol. The Balaban J connectivity index is 2.87. The Morgan fingerprint density at radius 1 is 1.42 bits per heavy atom. The van der Waals surface area contributed by atoms with Crippen LogP contribution >= 0.6 is 0 Å². The topological polar surface area (TPSA) is 64.9 Å². The third-order valence-electron chi connectivity index (χ3n) is 1.94. The van der Waals surface area contributed by atoms with Crippen molar-refractivity contribution in [1.29, 1.82) is 0 Å². The van der Waals surface area contributed by atoms with Gasteiger partial charge in [-0.05, 0) is 25.5 Å². The van der Waals surface area contributed by atoms with E-state index in [4.69, 9.17) is 10.3 Å². The number of anilines is 1. The van der Waals surface area contributed by atoms with Gasteiger partial charge >= 0.3 is 0 Å². The summed E-state index contributed by atoms with van der Waals surface area (Å²) < 4.78 is 4.90. The number of hydrogen-bond acceptors (Lipinski definition) is 4. The standard InChI is InChI=1S/C8H9N3O/c1-4-3-6-7(9)11-12-8(6)10-5(4)2/h3H,1-2H3,(H2,9,11). The lowest BCUT2D eigenvalue weighted by Gasteiger charge is -1.95. The van der Waals surface area contributed by atoms with Gasteiger partial charge in [0.15, 0.2) is 5.82 Å². The van der Waals surface area contributed by atoms with Crippen molar-refractivity contribution < 1.29 is 4.52 Å². The lowest BCUT2D eigenvalue weighted by molar-refractivity contribution is 0.452. The maximum absolute atomic E-state index is 5.55. The van der Waals surface area contributed by atoms with Crippen LogP contribution in [-0.4, -0.2) is 10.1 Å². The summed E-state index contributed by atoms with van der Waals surface area (Å²) in [6, 6.07) is 1.93. The highest BCUT2D eigenvalue weighted by Gasteiger charge is 2.07. The van der Waals surface area contributed by atoms with Crippen molar-refractivity contribution in [2.45, 2.75) is 13.8 Å². The summed E-state index contributed by atoms with van der Waals surface area (Å²) in [6.07, 6.45) is 0. The zero-order chi connectivity index (χ0) is 8.72. The fourth-order valence-electron chi connectivity index (χ4n) is 1.08. The summed E-state index contributed by atoms with van der Waals surface area (Å²) >= 11 is 0. The number of nitrogens with zero attached hydrogens (tertiary/aromatic N) is 2. The molecule has 2 N–H and O–H groups in total. The van der Waals surface area contributed by atoms with Crippen LogP contribution in [0.15, 0.2) is 10.6 Å². The van der Waals surface area contributed by atoms with E-state index in [1.807, 2.05) is 19.9 Å². The maximum atomic E-state index is 5.55. The van der Waals surface area contributed by atoms with Crippen molar-refractivity contribution in [1.82, 2.24) is 10.1 Å². The number of hydrogen-bond donors (Lipinski definition) is 1. The van der Waals surface area contributed by atoms with Crippen molar-refractivity contribution in [2.24, 2.45) is 0 Å². The van der Waals surface area contributed by atoms with Crippen molar-refractivity contribution in [2.75, 3.05) is 5.73 Å². The molecule has 0 fully saturated rings. The summed E-state index contributed by atoms with van der Waals surface area (Å²) in [4.78, 5) is 4.19. The van der Waals surface area contributed by atoms with Crippen LogP contribution < -0.4 is 5.73 Å². The van der Waals surface area contributed by atoms with Crippen LogP contribution in [0, 0.1) is 13.8 Å². The van der Waals surface area contributed by atoms with Crippen LogP contribution in [0.4, 0.5) is 5.82 Å². The second-order valence-corrected chi connectivity index (χ2v) is 2.81. The first kappa shape index (κ1) is 7.09. The number of rotatable bonds is 0. The molecular formula is C8H9N3O. The summed E-state index contributed by atoms with van der Waals surface area (Å²) in [5.41, 5.74) is 8.10. The fourth-order valence-corrected chi connectivity index (χ4v) is 1.08. The van der Waals surface area contributed by atoms with Gasteiger partial charge in [-0.2, -0.15) is 0 Å².